The maximum absolute atomic E-state index is 11.9. The largest absolute Gasteiger partial charge is 0.394 e. The fourth-order valence-electron chi connectivity index (χ4n) is 1.32. The Kier molecular flexibility index (Phi) is 5.62. The number of carbonyl (C=O) groups is 1. The molecule has 0 atom stereocenters. The first-order valence-corrected chi connectivity index (χ1v) is 6.59. The number of hydrogen-bond donors (Lipinski definition) is 2. The topological polar surface area (TPSA) is 52.6 Å². The number of aliphatic hydroxyl groups excluding tert-OH is 1. The van der Waals surface area contributed by atoms with Crippen LogP contribution in [0.1, 0.15) is 13.8 Å². The molecular formula is C13H18Cl2N2O2. The molecule has 6 heteroatoms. The number of anilines is 1. The highest BCUT2D eigenvalue weighted by atomic mass is 35.5. The predicted molar refractivity (Wildman–Crippen MR) is 78.9 cm³/mol. The van der Waals surface area contributed by atoms with Crippen molar-refractivity contribution in [2.45, 2.75) is 19.4 Å². The minimum Gasteiger partial charge on any atom is -0.394 e. The second-order valence-corrected chi connectivity index (χ2v) is 5.82. The van der Waals surface area contributed by atoms with Crippen LogP contribution in [0.2, 0.25) is 10.0 Å². The quantitative estimate of drug-likeness (QED) is 0.879. The highest BCUT2D eigenvalue weighted by molar-refractivity contribution is 6.42. The van der Waals surface area contributed by atoms with Crippen molar-refractivity contribution in [3.8, 4) is 0 Å². The number of hydrogen-bond acceptors (Lipinski definition) is 3. The Morgan fingerprint density at radius 1 is 1.37 bits per heavy atom. The molecule has 19 heavy (non-hydrogen) atoms. The Hall–Kier alpha value is -0.810. The normalized spacial score (nSPS) is 11.7. The number of benzene rings is 1. The summed E-state index contributed by atoms with van der Waals surface area (Å²) in [5.74, 6) is -0.178. The van der Waals surface area contributed by atoms with Gasteiger partial charge < -0.3 is 10.4 Å². The molecule has 0 saturated heterocycles. The number of amides is 1. The number of nitrogens with zero attached hydrogens (tertiary/aromatic N) is 1. The molecule has 0 unspecified atom stereocenters. The van der Waals surface area contributed by atoms with Crippen LogP contribution in [0, 0.1) is 0 Å². The third kappa shape index (κ3) is 4.66. The summed E-state index contributed by atoms with van der Waals surface area (Å²) in [7, 11) is 1.78. The van der Waals surface area contributed by atoms with E-state index < -0.39 is 5.54 Å². The molecule has 1 aromatic rings. The second kappa shape index (κ2) is 6.57. The van der Waals surface area contributed by atoms with Gasteiger partial charge in [-0.2, -0.15) is 0 Å². The van der Waals surface area contributed by atoms with E-state index in [1.807, 2.05) is 13.8 Å². The molecule has 1 rings (SSSR count). The molecule has 0 bridgehead atoms. The molecule has 0 aromatic heterocycles. The van der Waals surface area contributed by atoms with Crippen LogP contribution in [-0.2, 0) is 4.79 Å². The molecule has 0 fully saturated rings. The van der Waals surface area contributed by atoms with Crippen LogP contribution in [0.15, 0.2) is 18.2 Å². The zero-order valence-corrected chi connectivity index (χ0v) is 12.7. The number of rotatable bonds is 5. The molecule has 106 valence electrons. The molecular weight excluding hydrogens is 287 g/mol. The monoisotopic (exact) mass is 304 g/mol. The first-order valence-electron chi connectivity index (χ1n) is 5.83. The Morgan fingerprint density at radius 3 is 2.53 bits per heavy atom. The fourth-order valence-corrected chi connectivity index (χ4v) is 1.62. The lowest BCUT2D eigenvalue weighted by Crippen LogP contribution is -2.47. The van der Waals surface area contributed by atoms with E-state index in [9.17, 15) is 9.90 Å². The molecule has 0 saturated carbocycles. The van der Waals surface area contributed by atoms with Crippen LogP contribution in [0.25, 0.3) is 0 Å². The van der Waals surface area contributed by atoms with E-state index >= 15 is 0 Å². The number of nitrogens with one attached hydrogen (secondary N) is 1. The van der Waals surface area contributed by atoms with Gasteiger partial charge in [0.05, 0.1) is 23.2 Å². The summed E-state index contributed by atoms with van der Waals surface area (Å²) in [5, 5.41) is 12.8. The molecule has 2 N–H and O–H groups in total. The summed E-state index contributed by atoms with van der Waals surface area (Å²) < 4.78 is 0. The third-order valence-corrected chi connectivity index (χ3v) is 3.74. The van der Waals surface area contributed by atoms with Crippen molar-refractivity contribution < 1.29 is 9.90 Å². The fraction of sp³-hybridized carbons (Fsp3) is 0.462. The standard InChI is InChI=1S/C13H18Cl2N2O2/c1-13(2,8-18)17(3)7-12(19)16-9-4-5-10(14)11(15)6-9/h4-6,18H,7-8H2,1-3H3,(H,16,19). The van der Waals surface area contributed by atoms with Crippen LogP contribution < -0.4 is 5.32 Å². The molecule has 0 aliphatic carbocycles. The number of halogens is 2. The third-order valence-electron chi connectivity index (χ3n) is 3.00. The maximum Gasteiger partial charge on any atom is 0.238 e. The average Bonchev–Trinajstić information content (AvgIpc) is 2.33. The maximum atomic E-state index is 11.9. The number of likely N-dealkylation sites (N-methyl/N-ethyl adjacent to an activating group) is 1. The molecule has 0 aliphatic rings. The van der Waals surface area contributed by atoms with Crippen LogP contribution in [0.4, 0.5) is 5.69 Å². The van der Waals surface area contributed by atoms with Gasteiger partial charge in [0.1, 0.15) is 0 Å². The van der Waals surface area contributed by atoms with Crippen LogP contribution in [-0.4, -0.2) is 41.7 Å². The summed E-state index contributed by atoms with van der Waals surface area (Å²) in [5.41, 5.74) is 0.143. The van der Waals surface area contributed by atoms with E-state index in [0.29, 0.717) is 15.7 Å². The molecule has 0 aliphatic heterocycles. The van der Waals surface area contributed by atoms with E-state index in [-0.39, 0.29) is 19.1 Å². The van der Waals surface area contributed by atoms with Crippen molar-refractivity contribution >= 4 is 34.8 Å². The Morgan fingerprint density at radius 2 is 2.00 bits per heavy atom. The number of aliphatic hydroxyl groups is 1. The second-order valence-electron chi connectivity index (χ2n) is 5.00. The van der Waals surface area contributed by atoms with Crippen LogP contribution in [0.5, 0.6) is 0 Å². The Bertz CT molecular complexity index is 464. The molecule has 1 aromatic carbocycles. The molecule has 4 nitrogen and oxygen atoms in total. The van der Waals surface area contributed by atoms with Crippen molar-refractivity contribution in [1.82, 2.24) is 4.90 Å². The predicted octanol–water partition coefficient (Wildman–Crippen LogP) is 2.63. The van der Waals surface area contributed by atoms with Gasteiger partial charge in [-0.15, -0.1) is 0 Å². The lowest BCUT2D eigenvalue weighted by atomic mass is 10.1. The van der Waals surface area contributed by atoms with Gasteiger partial charge in [-0.1, -0.05) is 23.2 Å². The summed E-state index contributed by atoms with van der Waals surface area (Å²) in [6, 6.07) is 4.91. The summed E-state index contributed by atoms with van der Waals surface area (Å²) in [4.78, 5) is 13.6. The molecule has 0 radical (unpaired) electrons. The zero-order chi connectivity index (χ0) is 14.6. The van der Waals surface area contributed by atoms with Crippen molar-refractivity contribution in [1.29, 1.82) is 0 Å². The zero-order valence-electron chi connectivity index (χ0n) is 11.2. The summed E-state index contributed by atoms with van der Waals surface area (Å²) in [6.07, 6.45) is 0. The highest BCUT2D eigenvalue weighted by Crippen LogP contribution is 2.25. The minimum atomic E-state index is -0.449. The van der Waals surface area contributed by atoms with Crippen molar-refractivity contribution in [3.63, 3.8) is 0 Å². The van der Waals surface area contributed by atoms with Gasteiger partial charge in [0, 0.05) is 11.2 Å². The van der Waals surface area contributed by atoms with Crippen molar-refractivity contribution in [2.75, 3.05) is 25.5 Å². The van der Waals surface area contributed by atoms with Gasteiger partial charge in [-0.3, -0.25) is 9.69 Å². The summed E-state index contributed by atoms with van der Waals surface area (Å²) >= 11 is 11.7. The Labute approximate surface area is 123 Å². The average molecular weight is 305 g/mol. The number of carbonyl (C=O) groups excluding carboxylic acids is 1. The lowest BCUT2D eigenvalue weighted by Gasteiger charge is -2.33. The smallest absolute Gasteiger partial charge is 0.238 e. The van der Waals surface area contributed by atoms with E-state index in [1.165, 1.54) is 0 Å². The molecule has 0 spiro atoms. The van der Waals surface area contributed by atoms with E-state index in [4.69, 9.17) is 23.2 Å². The summed E-state index contributed by atoms with van der Waals surface area (Å²) in [6.45, 7) is 3.87. The van der Waals surface area contributed by atoms with Gasteiger partial charge in [-0.25, -0.2) is 0 Å². The van der Waals surface area contributed by atoms with Gasteiger partial charge in [0.2, 0.25) is 5.91 Å². The minimum absolute atomic E-state index is 0.0243. The van der Waals surface area contributed by atoms with Crippen molar-refractivity contribution in [3.05, 3.63) is 28.2 Å². The van der Waals surface area contributed by atoms with Gasteiger partial charge in [-0.05, 0) is 39.1 Å². The first kappa shape index (κ1) is 16.2. The van der Waals surface area contributed by atoms with E-state index in [1.54, 1.807) is 30.1 Å². The van der Waals surface area contributed by atoms with E-state index in [0.717, 1.165) is 0 Å². The van der Waals surface area contributed by atoms with Gasteiger partial charge in [0.15, 0.2) is 0 Å². The van der Waals surface area contributed by atoms with E-state index in [2.05, 4.69) is 5.32 Å². The SMILES string of the molecule is CN(CC(=O)Nc1ccc(Cl)c(Cl)c1)C(C)(C)CO. The molecule has 0 heterocycles. The van der Waals surface area contributed by atoms with Crippen LogP contribution >= 0.6 is 23.2 Å². The first-order chi connectivity index (χ1) is 8.76. The molecule has 1 amide bonds. The van der Waals surface area contributed by atoms with Gasteiger partial charge in [0.25, 0.3) is 0 Å². The lowest BCUT2D eigenvalue weighted by molar-refractivity contribution is -0.118. The van der Waals surface area contributed by atoms with Gasteiger partial charge >= 0.3 is 0 Å². The highest BCUT2D eigenvalue weighted by Gasteiger charge is 2.24. The van der Waals surface area contributed by atoms with Crippen LogP contribution in [0.3, 0.4) is 0 Å². The van der Waals surface area contributed by atoms with Crippen molar-refractivity contribution in [2.24, 2.45) is 0 Å². The Balaban J connectivity index is 2.63.